The number of Topliss-reactive ketones (excluding diaryl/α,β-unsaturated/α-hetero) is 1. The Bertz CT molecular complexity index is 450. The molecule has 5 nitrogen and oxygen atoms in total. The SMILES string of the molecule is COc1ccc(C(=O)CS(N)(=O)=O)cc1. The minimum atomic E-state index is -3.77. The summed E-state index contributed by atoms with van der Waals surface area (Å²) in [5.41, 5.74) is 0.296. The monoisotopic (exact) mass is 229 g/mol. The van der Waals surface area contributed by atoms with E-state index in [2.05, 4.69) is 0 Å². The number of carbonyl (C=O) groups is 1. The first kappa shape index (κ1) is 11.7. The average Bonchev–Trinajstić information content (AvgIpc) is 2.15. The molecule has 0 bridgehead atoms. The second-order valence-corrected chi connectivity index (χ2v) is 4.57. The smallest absolute Gasteiger partial charge is 0.216 e. The summed E-state index contributed by atoms with van der Waals surface area (Å²) in [4.78, 5) is 11.4. The van der Waals surface area contributed by atoms with Crippen molar-refractivity contribution in [2.45, 2.75) is 0 Å². The lowest BCUT2D eigenvalue weighted by atomic mass is 10.1. The van der Waals surface area contributed by atoms with Crippen LogP contribution in [-0.4, -0.2) is 27.1 Å². The fourth-order valence-corrected chi connectivity index (χ4v) is 1.58. The summed E-state index contributed by atoms with van der Waals surface area (Å²) in [6.07, 6.45) is 0. The maximum atomic E-state index is 11.4. The van der Waals surface area contributed by atoms with Gasteiger partial charge in [-0.2, -0.15) is 0 Å². The minimum Gasteiger partial charge on any atom is -0.497 e. The second kappa shape index (κ2) is 4.41. The van der Waals surface area contributed by atoms with Gasteiger partial charge in [-0.05, 0) is 24.3 Å². The molecule has 0 aliphatic rings. The molecule has 0 aromatic heterocycles. The Morgan fingerprint density at radius 1 is 1.33 bits per heavy atom. The molecule has 0 atom stereocenters. The summed E-state index contributed by atoms with van der Waals surface area (Å²) in [7, 11) is -2.27. The highest BCUT2D eigenvalue weighted by molar-refractivity contribution is 7.89. The molecule has 1 aromatic rings. The number of rotatable bonds is 4. The molecule has 0 aliphatic heterocycles. The Hall–Kier alpha value is -1.40. The topological polar surface area (TPSA) is 86.5 Å². The maximum Gasteiger partial charge on any atom is 0.216 e. The van der Waals surface area contributed by atoms with Gasteiger partial charge in [0.1, 0.15) is 11.5 Å². The fourth-order valence-electron chi connectivity index (χ4n) is 1.04. The number of hydrogen-bond acceptors (Lipinski definition) is 4. The highest BCUT2D eigenvalue weighted by Crippen LogP contribution is 2.11. The first-order valence-electron chi connectivity index (χ1n) is 4.10. The van der Waals surface area contributed by atoms with Gasteiger partial charge in [-0.3, -0.25) is 4.79 Å². The van der Waals surface area contributed by atoms with E-state index in [4.69, 9.17) is 9.88 Å². The fraction of sp³-hybridized carbons (Fsp3) is 0.222. The lowest BCUT2D eigenvalue weighted by molar-refractivity contribution is 0.102. The lowest BCUT2D eigenvalue weighted by Crippen LogP contribution is -2.23. The van der Waals surface area contributed by atoms with Gasteiger partial charge in [-0.25, -0.2) is 13.6 Å². The Labute approximate surface area is 87.9 Å². The van der Waals surface area contributed by atoms with Crippen LogP contribution in [0, 0.1) is 0 Å². The van der Waals surface area contributed by atoms with E-state index in [0.717, 1.165) is 0 Å². The van der Waals surface area contributed by atoms with Crippen molar-refractivity contribution >= 4 is 15.8 Å². The predicted octanol–water partition coefficient (Wildman–Crippen LogP) is 0.166. The van der Waals surface area contributed by atoms with E-state index >= 15 is 0 Å². The maximum absolute atomic E-state index is 11.4. The quantitative estimate of drug-likeness (QED) is 0.745. The number of primary sulfonamides is 1. The van der Waals surface area contributed by atoms with E-state index in [1.807, 2.05) is 0 Å². The molecule has 0 amide bonds. The van der Waals surface area contributed by atoms with E-state index in [-0.39, 0.29) is 0 Å². The van der Waals surface area contributed by atoms with Crippen molar-refractivity contribution in [1.82, 2.24) is 0 Å². The Balaban J connectivity index is 2.84. The zero-order chi connectivity index (χ0) is 11.5. The third kappa shape index (κ3) is 3.69. The van der Waals surface area contributed by atoms with Crippen molar-refractivity contribution in [3.05, 3.63) is 29.8 Å². The molecule has 15 heavy (non-hydrogen) atoms. The summed E-state index contributed by atoms with van der Waals surface area (Å²) in [6, 6.07) is 6.14. The third-order valence-corrected chi connectivity index (χ3v) is 2.41. The van der Waals surface area contributed by atoms with Crippen molar-refractivity contribution in [3.8, 4) is 5.75 Å². The van der Waals surface area contributed by atoms with E-state index in [1.54, 1.807) is 12.1 Å². The van der Waals surface area contributed by atoms with Crippen molar-refractivity contribution in [1.29, 1.82) is 0 Å². The molecular formula is C9H11NO4S. The number of sulfonamides is 1. The molecule has 0 saturated heterocycles. The van der Waals surface area contributed by atoms with Crippen molar-refractivity contribution in [3.63, 3.8) is 0 Å². The first-order valence-corrected chi connectivity index (χ1v) is 5.81. The Morgan fingerprint density at radius 3 is 2.27 bits per heavy atom. The van der Waals surface area contributed by atoms with Crippen LogP contribution in [0.5, 0.6) is 5.75 Å². The van der Waals surface area contributed by atoms with Crippen LogP contribution in [0.15, 0.2) is 24.3 Å². The van der Waals surface area contributed by atoms with Crippen LogP contribution >= 0.6 is 0 Å². The minimum absolute atomic E-state index is 0.296. The molecule has 0 unspecified atom stereocenters. The predicted molar refractivity (Wildman–Crippen MR) is 55.3 cm³/mol. The Kier molecular flexibility index (Phi) is 3.43. The molecule has 0 spiro atoms. The summed E-state index contributed by atoms with van der Waals surface area (Å²) >= 11 is 0. The van der Waals surface area contributed by atoms with E-state index in [1.165, 1.54) is 19.2 Å². The zero-order valence-corrected chi connectivity index (χ0v) is 8.95. The van der Waals surface area contributed by atoms with Crippen molar-refractivity contribution < 1.29 is 17.9 Å². The van der Waals surface area contributed by atoms with E-state index in [0.29, 0.717) is 11.3 Å². The van der Waals surface area contributed by atoms with Gasteiger partial charge in [0.15, 0.2) is 5.78 Å². The molecule has 2 N–H and O–H groups in total. The molecule has 0 radical (unpaired) electrons. The summed E-state index contributed by atoms with van der Waals surface area (Å²) in [6.45, 7) is 0. The molecular weight excluding hydrogens is 218 g/mol. The van der Waals surface area contributed by atoms with Gasteiger partial charge in [-0.1, -0.05) is 0 Å². The first-order chi connectivity index (χ1) is 6.92. The number of ether oxygens (including phenoxy) is 1. The van der Waals surface area contributed by atoms with Crippen molar-refractivity contribution in [2.24, 2.45) is 5.14 Å². The number of methoxy groups -OCH3 is 1. The van der Waals surface area contributed by atoms with Crippen LogP contribution in [0.4, 0.5) is 0 Å². The van der Waals surface area contributed by atoms with Crippen LogP contribution in [0.3, 0.4) is 0 Å². The molecule has 82 valence electrons. The van der Waals surface area contributed by atoms with Gasteiger partial charge in [0.05, 0.1) is 7.11 Å². The number of benzene rings is 1. The molecule has 1 aromatic carbocycles. The number of carbonyl (C=O) groups excluding carboxylic acids is 1. The van der Waals surface area contributed by atoms with Crippen LogP contribution in [-0.2, 0) is 10.0 Å². The highest BCUT2D eigenvalue weighted by atomic mass is 32.2. The zero-order valence-electron chi connectivity index (χ0n) is 8.14. The Morgan fingerprint density at radius 2 is 1.87 bits per heavy atom. The molecule has 1 rings (SSSR count). The number of nitrogens with two attached hydrogens (primary N) is 1. The number of hydrogen-bond donors (Lipinski definition) is 1. The average molecular weight is 229 g/mol. The van der Waals surface area contributed by atoms with Crippen LogP contribution in [0.25, 0.3) is 0 Å². The van der Waals surface area contributed by atoms with E-state index in [9.17, 15) is 13.2 Å². The summed E-state index contributed by atoms with van der Waals surface area (Å²) in [5, 5.41) is 4.76. The molecule has 6 heteroatoms. The van der Waals surface area contributed by atoms with Crippen molar-refractivity contribution in [2.75, 3.05) is 12.9 Å². The van der Waals surface area contributed by atoms with Gasteiger partial charge in [-0.15, -0.1) is 0 Å². The van der Waals surface area contributed by atoms with Gasteiger partial charge in [0.2, 0.25) is 10.0 Å². The highest BCUT2D eigenvalue weighted by Gasteiger charge is 2.13. The standard InChI is InChI=1S/C9H11NO4S/c1-14-8-4-2-7(3-5-8)9(11)6-15(10,12)13/h2-5H,6H2,1H3,(H2,10,12,13). The summed E-state index contributed by atoms with van der Waals surface area (Å²) < 4.78 is 26.2. The van der Waals surface area contributed by atoms with Crippen LogP contribution in [0.1, 0.15) is 10.4 Å². The molecule has 0 saturated carbocycles. The molecule has 0 aliphatic carbocycles. The second-order valence-electron chi connectivity index (χ2n) is 2.96. The summed E-state index contributed by atoms with van der Waals surface area (Å²) in [5.74, 6) is -0.610. The molecule has 0 heterocycles. The van der Waals surface area contributed by atoms with E-state index < -0.39 is 21.6 Å². The third-order valence-electron chi connectivity index (χ3n) is 1.74. The number of ketones is 1. The van der Waals surface area contributed by atoms with Gasteiger partial charge < -0.3 is 4.74 Å². The lowest BCUT2D eigenvalue weighted by Gasteiger charge is -2.01. The van der Waals surface area contributed by atoms with Crippen LogP contribution < -0.4 is 9.88 Å². The van der Waals surface area contributed by atoms with Crippen LogP contribution in [0.2, 0.25) is 0 Å². The van der Waals surface area contributed by atoms with Gasteiger partial charge in [0.25, 0.3) is 0 Å². The normalized spacial score (nSPS) is 11.1. The molecule has 0 fully saturated rings. The van der Waals surface area contributed by atoms with Gasteiger partial charge in [0, 0.05) is 5.56 Å². The largest absolute Gasteiger partial charge is 0.497 e. The van der Waals surface area contributed by atoms with Gasteiger partial charge >= 0.3 is 0 Å².